The number of fused-ring (bicyclic) bond motifs is 1. The molecule has 2 N–H and O–H groups in total. The Kier molecular flexibility index (Phi) is 5.19. The number of hydrogen-bond acceptors (Lipinski definition) is 4. The maximum atomic E-state index is 12.9. The smallest absolute Gasteiger partial charge is 0.349 e. The first-order valence-electron chi connectivity index (χ1n) is 9.02. The van der Waals surface area contributed by atoms with E-state index < -0.39 is 17.8 Å². The third kappa shape index (κ3) is 4.13. The Morgan fingerprint density at radius 3 is 2.57 bits per heavy atom. The fourth-order valence-electron chi connectivity index (χ4n) is 2.93. The molecule has 3 aromatic rings. The van der Waals surface area contributed by atoms with E-state index in [1.165, 1.54) is 18.2 Å². The highest BCUT2D eigenvalue weighted by Crippen LogP contribution is 2.34. The quantitative estimate of drug-likeness (QED) is 0.554. The predicted octanol–water partition coefficient (Wildman–Crippen LogP) is 5.42. The molecule has 0 atom stereocenters. The highest BCUT2D eigenvalue weighted by atomic mass is 35.5. The third-order valence-electron chi connectivity index (χ3n) is 4.68. The van der Waals surface area contributed by atoms with Crippen molar-refractivity contribution in [3.05, 3.63) is 57.1 Å². The van der Waals surface area contributed by atoms with E-state index in [9.17, 15) is 22.8 Å². The number of nitrogens with one attached hydrogen (secondary N) is 2. The molecule has 10 heteroatoms. The van der Waals surface area contributed by atoms with Crippen LogP contribution >= 0.6 is 22.9 Å². The van der Waals surface area contributed by atoms with Crippen LogP contribution in [0.2, 0.25) is 5.02 Å². The number of alkyl halides is 3. The van der Waals surface area contributed by atoms with Crippen molar-refractivity contribution >= 4 is 50.7 Å². The van der Waals surface area contributed by atoms with Crippen molar-refractivity contribution in [3.63, 3.8) is 0 Å². The van der Waals surface area contributed by atoms with Crippen molar-refractivity contribution in [2.24, 2.45) is 0 Å². The maximum absolute atomic E-state index is 12.9. The van der Waals surface area contributed by atoms with Gasteiger partial charge in [0.1, 0.15) is 10.5 Å². The molecule has 0 bridgehead atoms. The maximum Gasteiger partial charge on any atom is 0.433 e. The number of anilines is 1. The van der Waals surface area contributed by atoms with Gasteiger partial charge in [-0.1, -0.05) is 11.6 Å². The van der Waals surface area contributed by atoms with Crippen molar-refractivity contribution < 1.29 is 22.8 Å². The molecule has 156 valence electrons. The van der Waals surface area contributed by atoms with Gasteiger partial charge in [-0.05, 0) is 55.7 Å². The van der Waals surface area contributed by atoms with Gasteiger partial charge in [0.05, 0.1) is 15.5 Å². The van der Waals surface area contributed by atoms with E-state index in [0.717, 1.165) is 30.2 Å². The van der Waals surface area contributed by atoms with Gasteiger partial charge < -0.3 is 10.6 Å². The number of aryl methyl sites for hydroxylation is 1. The summed E-state index contributed by atoms with van der Waals surface area (Å²) >= 11 is 6.99. The molecule has 1 aliphatic carbocycles. The molecule has 1 aliphatic rings. The van der Waals surface area contributed by atoms with Gasteiger partial charge in [-0.3, -0.25) is 9.59 Å². The number of hydrogen-bond donors (Lipinski definition) is 2. The average Bonchev–Trinajstić information content (AvgIpc) is 3.43. The van der Waals surface area contributed by atoms with Crippen LogP contribution in [0.15, 0.2) is 30.3 Å². The minimum absolute atomic E-state index is 0.132. The van der Waals surface area contributed by atoms with E-state index >= 15 is 0 Å². The minimum Gasteiger partial charge on any atom is -0.349 e. The topological polar surface area (TPSA) is 71.1 Å². The number of benzene rings is 1. The zero-order valence-corrected chi connectivity index (χ0v) is 17.1. The molecule has 30 heavy (non-hydrogen) atoms. The zero-order valence-electron chi connectivity index (χ0n) is 15.6. The van der Waals surface area contributed by atoms with Crippen LogP contribution in [0, 0.1) is 6.92 Å². The van der Waals surface area contributed by atoms with E-state index in [1.54, 1.807) is 13.0 Å². The average molecular weight is 454 g/mol. The number of carbonyl (C=O) groups is 2. The first kappa shape index (κ1) is 20.6. The van der Waals surface area contributed by atoms with Crippen LogP contribution in [-0.4, -0.2) is 22.8 Å². The Balaban J connectivity index is 1.60. The molecular formula is C20H15ClF3N3O2S. The lowest BCUT2D eigenvalue weighted by atomic mass is 10.1. The molecule has 0 saturated heterocycles. The van der Waals surface area contributed by atoms with Crippen molar-refractivity contribution in [1.29, 1.82) is 0 Å². The lowest BCUT2D eigenvalue weighted by molar-refractivity contribution is -0.140. The Morgan fingerprint density at radius 2 is 1.90 bits per heavy atom. The summed E-state index contributed by atoms with van der Waals surface area (Å²) in [7, 11) is 0. The number of amides is 2. The van der Waals surface area contributed by atoms with Crippen molar-refractivity contribution in [1.82, 2.24) is 10.3 Å². The highest BCUT2D eigenvalue weighted by molar-refractivity contribution is 7.20. The molecule has 2 amide bonds. The van der Waals surface area contributed by atoms with Gasteiger partial charge in [-0.2, -0.15) is 13.2 Å². The van der Waals surface area contributed by atoms with Gasteiger partial charge in [0, 0.05) is 17.1 Å². The van der Waals surface area contributed by atoms with Crippen LogP contribution in [0.5, 0.6) is 0 Å². The molecule has 5 nitrogen and oxygen atoms in total. The number of carbonyl (C=O) groups excluding carboxylic acids is 2. The SMILES string of the molecule is Cc1c(C(=O)Nc2ccc(Cl)c(C(=O)NC3CC3)c2)sc2nc(C(F)(F)F)ccc12. The Labute approximate surface area is 178 Å². The van der Waals surface area contributed by atoms with Crippen molar-refractivity contribution in [3.8, 4) is 0 Å². The number of pyridine rings is 1. The van der Waals surface area contributed by atoms with Gasteiger partial charge in [0.25, 0.3) is 11.8 Å². The Bertz CT molecular complexity index is 1170. The molecule has 0 unspecified atom stereocenters. The Morgan fingerprint density at radius 1 is 1.17 bits per heavy atom. The molecule has 2 heterocycles. The van der Waals surface area contributed by atoms with Gasteiger partial charge in [0.2, 0.25) is 0 Å². The standard InChI is InChI=1S/C20H15ClF3N3O2S/c1-9-12-5-7-15(20(22,23)24)27-19(12)30-16(9)18(29)26-11-4-6-14(21)13(8-11)17(28)25-10-2-3-10/h4-8,10H,2-3H2,1H3,(H,25,28)(H,26,29). The summed E-state index contributed by atoms with van der Waals surface area (Å²) in [5.41, 5.74) is 0.124. The zero-order chi connectivity index (χ0) is 21.6. The van der Waals surface area contributed by atoms with Crippen molar-refractivity contribution in [2.75, 3.05) is 5.32 Å². The molecule has 0 spiro atoms. The van der Waals surface area contributed by atoms with Crippen LogP contribution in [0.25, 0.3) is 10.2 Å². The normalized spacial score (nSPS) is 14.0. The fraction of sp³-hybridized carbons (Fsp3) is 0.250. The summed E-state index contributed by atoms with van der Waals surface area (Å²) < 4.78 is 38.7. The molecule has 1 saturated carbocycles. The fourth-order valence-corrected chi connectivity index (χ4v) is 4.21. The summed E-state index contributed by atoms with van der Waals surface area (Å²) in [6, 6.07) is 6.90. The van der Waals surface area contributed by atoms with Crippen LogP contribution < -0.4 is 10.6 Å². The van der Waals surface area contributed by atoms with E-state index in [-0.39, 0.29) is 32.2 Å². The number of nitrogens with zero attached hydrogens (tertiary/aromatic N) is 1. The molecule has 0 aliphatic heterocycles. The highest BCUT2D eigenvalue weighted by Gasteiger charge is 2.33. The monoisotopic (exact) mass is 453 g/mol. The second-order valence-corrected chi connectivity index (χ2v) is 8.41. The summed E-state index contributed by atoms with van der Waals surface area (Å²) in [6.45, 7) is 1.65. The number of thiophene rings is 1. The number of aromatic nitrogens is 1. The minimum atomic E-state index is -4.56. The Hall–Kier alpha value is -2.65. The summed E-state index contributed by atoms with van der Waals surface area (Å²) in [5, 5.41) is 6.25. The lowest BCUT2D eigenvalue weighted by Gasteiger charge is -2.09. The molecule has 1 fully saturated rings. The lowest BCUT2D eigenvalue weighted by Crippen LogP contribution is -2.25. The summed E-state index contributed by atoms with van der Waals surface area (Å²) in [6.07, 6.45) is -2.71. The van der Waals surface area contributed by atoms with Crippen LogP contribution in [0.3, 0.4) is 0 Å². The largest absolute Gasteiger partial charge is 0.433 e. The molecule has 2 aromatic heterocycles. The van der Waals surface area contributed by atoms with Gasteiger partial charge in [0.15, 0.2) is 0 Å². The van der Waals surface area contributed by atoms with Gasteiger partial charge in [-0.15, -0.1) is 11.3 Å². The van der Waals surface area contributed by atoms with E-state index in [2.05, 4.69) is 15.6 Å². The first-order valence-corrected chi connectivity index (χ1v) is 10.2. The molecule has 4 rings (SSSR count). The van der Waals surface area contributed by atoms with Crippen LogP contribution in [-0.2, 0) is 6.18 Å². The van der Waals surface area contributed by atoms with Crippen LogP contribution in [0.4, 0.5) is 18.9 Å². The molecular weight excluding hydrogens is 439 g/mol. The number of halogens is 4. The number of rotatable bonds is 4. The van der Waals surface area contributed by atoms with Crippen molar-refractivity contribution in [2.45, 2.75) is 32.0 Å². The predicted molar refractivity (Wildman–Crippen MR) is 109 cm³/mol. The summed E-state index contributed by atoms with van der Waals surface area (Å²) in [5.74, 6) is -0.819. The first-order chi connectivity index (χ1) is 14.1. The molecule has 1 aromatic carbocycles. The van der Waals surface area contributed by atoms with Gasteiger partial charge >= 0.3 is 6.18 Å². The van der Waals surface area contributed by atoms with Crippen LogP contribution in [0.1, 0.15) is 44.1 Å². The van der Waals surface area contributed by atoms with E-state index in [4.69, 9.17) is 11.6 Å². The second kappa shape index (κ2) is 7.55. The third-order valence-corrected chi connectivity index (χ3v) is 6.21. The van der Waals surface area contributed by atoms with E-state index in [1.807, 2.05) is 0 Å². The summed E-state index contributed by atoms with van der Waals surface area (Å²) in [4.78, 5) is 29.1. The molecule has 0 radical (unpaired) electrons. The van der Waals surface area contributed by atoms with E-state index in [0.29, 0.717) is 16.6 Å². The second-order valence-electron chi connectivity index (χ2n) is 7.00. The van der Waals surface area contributed by atoms with Gasteiger partial charge in [-0.25, -0.2) is 4.98 Å².